The first-order chi connectivity index (χ1) is 29.6. The predicted molar refractivity (Wildman–Crippen MR) is 233 cm³/mol. The molecule has 1 aliphatic rings. The van der Waals surface area contributed by atoms with Crippen LogP contribution in [0.25, 0.3) is 43.2 Å². The highest BCUT2D eigenvalue weighted by Crippen LogP contribution is 2.49. The number of aromatic nitrogens is 4. The lowest BCUT2D eigenvalue weighted by molar-refractivity contribution is -0.145. The molecule has 1 saturated heterocycles. The Labute approximate surface area is 360 Å². The van der Waals surface area contributed by atoms with Crippen molar-refractivity contribution in [1.82, 2.24) is 29.7 Å². The molecule has 12 nitrogen and oxygen atoms in total. The van der Waals surface area contributed by atoms with E-state index in [4.69, 9.17) is 25.8 Å². The fourth-order valence-corrected chi connectivity index (χ4v) is 8.53. The molecule has 2 N–H and O–H groups in total. The smallest absolute Gasteiger partial charge is 0.345 e. The summed E-state index contributed by atoms with van der Waals surface area (Å²) in [4.78, 5) is 37.0. The van der Waals surface area contributed by atoms with Gasteiger partial charge in [0.05, 0.1) is 16.1 Å². The summed E-state index contributed by atoms with van der Waals surface area (Å²) < 4.78 is 33.0. The van der Waals surface area contributed by atoms with Crippen molar-refractivity contribution in [3.8, 4) is 56.1 Å². The quantitative estimate of drug-likeness (QED) is 0.102. The lowest BCUT2D eigenvalue weighted by Crippen LogP contribution is -2.45. The van der Waals surface area contributed by atoms with E-state index >= 15 is 0 Å². The maximum atomic E-state index is 14.2. The summed E-state index contributed by atoms with van der Waals surface area (Å²) in [6.07, 6.45) is 1.53. The molecule has 3 aromatic heterocycles. The zero-order valence-electron chi connectivity index (χ0n) is 33.4. The Balaban J connectivity index is 1.08. The fourth-order valence-electron chi connectivity index (χ4n) is 7.16. The van der Waals surface area contributed by atoms with Crippen LogP contribution in [0.2, 0.25) is 5.02 Å². The van der Waals surface area contributed by atoms with Gasteiger partial charge in [-0.3, -0.25) is 4.90 Å². The molecule has 0 spiro atoms. The Hall–Kier alpha value is -6.19. The molecule has 312 valence electrons. The second kappa shape index (κ2) is 18.6. The molecule has 0 saturated carbocycles. The number of carbonyl (C=O) groups is 1. The average molecular weight is 861 g/mol. The van der Waals surface area contributed by atoms with Crippen molar-refractivity contribution in [2.45, 2.75) is 26.1 Å². The fraction of sp³-hybridized carbons (Fsp3) is 0.239. The van der Waals surface area contributed by atoms with Crippen molar-refractivity contribution in [2.24, 2.45) is 0 Å². The average Bonchev–Trinajstić information content (AvgIpc) is 3.66. The first-order valence-corrected chi connectivity index (χ1v) is 20.9. The Morgan fingerprint density at radius 1 is 0.902 bits per heavy atom. The van der Waals surface area contributed by atoms with E-state index in [0.717, 1.165) is 59.9 Å². The number of thiophene rings is 1. The number of benzene rings is 4. The summed E-state index contributed by atoms with van der Waals surface area (Å²) >= 11 is 8.41. The minimum Gasteiger partial charge on any atom is -0.508 e. The lowest BCUT2D eigenvalue weighted by atomic mass is 9.96. The van der Waals surface area contributed by atoms with Crippen LogP contribution in [-0.2, 0) is 17.8 Å². The number of piperazine rings is 1. The minimum absolute atomic E-state index is 0.0607. The van der Waals surface area contributed by atoms with Crippen molar-refractivity contribution in [3.05, 3.63) is 131 Å². The third-order valence-corrected chi connectivity index (χ3v) is 12.2. The number of hydrogen-bond acceptors (Lipinski definition) is 12. The number of halogens is 2. The number of carboxylic acid groups (broad SMARTS) is 1. The topological polar surface area (TPSA) is 143 Å². The van der Waals surface area contributed by atoms with Crippen molar-refractivity contribution in [2.75, 3.05) is 46.4 Å². The number of likely N-dealkylation sites (N-methyl/N-ethyl adjacent to an activating group) is 1. The van der Waals surface area contributed by atoms with Crippen molar-refractivity contribution in [3.63, 3.8) is 0 Å². The highest BCUT2D eigenvalue weighted by Gasteiger charge is 2.28. The molecule has 1 unspecified atom stereocenters. The van der Waals surface area contributed by atoms with Gasteiger partial charge in [0.25, 0.3) is 0 Å². The van der Waals surface area contributed by atoms with Crippen LogP contribution in [-0.4, -0.2) is 98.4 Å². The van der Waals surface area contributed by atoms with E-state index in [0.29, 0.717) is 56.0 Å². The molecule has 4 aromatic carbocycles. The summed E-state index contributed by atoms with van der Waals surface area (Å²) in [5.74, 6) is 0.111. The molecule has 4 heterocycles. The maximum absolute atomic E-state index is 14.2. The number of fused-ring (bicyclic) bond motifs is 1. The second-order valence-electron chi connectivity index (χ2n) is 14.7. The highest BCUT2D eigenvalue weighted by molar-refractivity contribution is 7.22. The van der Waals surface area contributed by atoms with Crippen LogP contribution in [0.3, 0.4) is 0 Å². The van der Waals surface area contributed by atoms with Crippen molar-refractivity contribution >= 4 is 39.1 Å². The number of nitrogens with zero attached hydrogens (tertiary/aromatic N) is 6. The summed E-state index contributed by atoms with van der Waals surface area (Å²) in [6, 6.07) is 25.4. The molecule has 0 radical (unpaired) electrons. The Morgan fingerprint density at radius 2 is 1.66 bits per heavy atom. The number of carboxylic acids is 1. The number of ether oxygens (including phenoxy) is 3. The van der Waals surface area contributed by atoms with Gasteiger partial charge in [0.2, 0.25) is 12.0 Å². The van der Waals surface area contributed by atoms with Gasteiger partial charge in [0.1, 0.15) is 47.4 Å². The van der Waals surface area contributed by atoms with E-state index in [2.05, 4.69) is 36.8 Å². The molecule has 7 aromatic rings. The number of rotatable bonds is 15. The van der Waals surface area contributed by atoms with Crippen LogP contribution in [0.4, 0.5) is 4.39 Å². The number of aliphatic carboxylic acids is 1. The molecule has 8 rings (SSSR count). The zero-order valence-corrected chi connectivity index (χ0v) is 35.0. The third kappa shape index (κ3) is 9.58. The van der Waals surface area contributed by atoms with Gasteiger partial charge >= 0.3 is 5.97 Å². The van der Waals surface area contributed by atoms with Crippen LogP contribution in [0.15, 0.2) is 104 Å². The van der Waals surface area contributed by atoms with Crippen LogP contribution < -0.4 is 14.2 Å². The minimum atomic E-state index is -1.38. The number of aromatic hydroxyl groups is 1. The molecule has 0 aliphatic carbocycles. The van der Waals surface area contributed by atoms with E-state index in [1.165, 1.54) is 29.8 Å². The number of phenolic OH excluding ortho intramolecular Hbond substituents is 1. The SMILES string of the molecule is Cc1c(-c2c(-c3ccc(F)cc3)sc3ncnc(OC(Cc4ccccc4OCc4ccnc(-c5ccc(O)cc5)n4)C(=O)O)c23)ccc(OCCN2CCN(C)CC2)c1Cl. The van der Waals surface area contributed by atoms with Crippen LogP contribution in [0, 0.1) is 12.7 Å². The van der Waals surface area contributed by atoms with E-state index < -0.39 is 12.1 Å². The normalized spacial score (nSPS) is 13.9. The lowest BCUT2D eigenvalue weighted by Gasteiger charge is -2.32. The van der Waals surface area contributed by atoms with Crippen molar-refractivity contribution in [1.29, 1.82) is 0 Å². The number of phenols is 1. The predicted octanol–water partition coefficient (Wildman–Crippen LogP) is 8.57. The first-order valence-electron chi connectivity index (χ1n) is 19.7. The molecule has 1 fully saturated rings. The van der Waals surface area contributed by atoms with Crippen LogP contribution >= 0.6 is 22.9 Å². The van der Waals surface area contributed by atoms with Gasteiger partial charge in [-0.2, -0.15) is 0 Å². The Bertz CT molecular complexity index is 2660. The van der Waals surface area contributed by atoms with Gasteiger partial charge < -0.3 is 29.3 Å². The van der Waals surface area contributed by atoms with E-state index in [-0.39, 0.29) is 30.5 Å². The van der Waals surface area contributed by atoms with E-state index in [1.807, 2.05) is 19.1 Å². The van der Waals surface area contributed by atoms with Gasteiger partial charge in [0, 0.05) is 61.3 Å². The Morgan fingerprint density at radius 3 is 2.43 bits per heavy atom. The van der Waals surface area contributed by atoms with Crippen LogP contribution in [0.1, 0.15) is 16.8 Å². The van der Waals surface area contributed by atoms with Gasteiger partial charge in [-0.15, -0.1) is 11.3 Å². The third-order valence-electron chi connectivity index (χ3n) is 10.6. The van der Waals surface area contributed by atoms with Crippen LogP contribution in [0.5, 0.6) is 23.1 Å². The number of hydrogen-bond donors (Lipinski definition) is 2. The summed E-state index contributed by atoms with van der Waals surface area (Å²) in [5.41, 5.74) is 4.81. The standard InChI is InChI=1S/C46H42ClFN6O6S/c1-28-35(15-16-37(41(28)47)58-24-23-54-21-19-53(2)20-22-54)39-40-44(50-27-51-45(40)61-42(39)29-7-11-32(48)12-8-29)60-38(46(56)57)25-31-5-3-4-6-36(31)59-26-33-17-18-49-43(52-33)30-9-13-34(55)14-10-30/h3-18,27,38,55H,19-26H2,1-2H3,(H,56,57). The zero-order chi connectivity index (χ0) is 42.5. The maximum Gasteiger partial charge on any atom is 0.345 e. The highest BCUT2D eigenvalue weighted by atomic mass is 35.5. The summed E-state index contributed by atoms with van der Waals surface area (Å²) in [7, 11) is 2.12. The van der Waals surface area contributed by atoms with E-state index in [1.54, 1.807) is 72.9 Å². The van der Waals surface area contributed by atoms with Gasteiger partial charge in [-0.05, 0) is 90.8 Å². The molecular formula is C46H42ClFN6O6S. The summed E-state index contributed by atoms with van der Waals surface area (Å²) in [6.45, 7) is 7.23. The molecule has 15 heteroatoms. The number of para-hydroxylation sites is 1. The first kappa shape index (κ1) is 41.5. The van der Waals surface area contributed by atoms with Crippen molar-refractivity contribution < 1.29 is 33.6 Å². The second-order valence-corrected chi connectivity index (χ2v) is 16.1. The van der Waals surface area contributed by atoms with Gasteiger partial charge in [-0.1, -0.05) is 48.0 Å². The monoisotopic (exact) mass is 860 g/mol. The molecule has 1 atom stereocenters. The molecule has 61 heavy (non-hydrogen) atoms. The molecule has 0 amide bonds. The molecule has 1 aliphatic heterocycles. The van der Waals surface area contributed by atoms with Gasteiger partial charge in [0.15, 0.2) is 5.82 Å². The summed E-state index contributed by atoms with van der Waals surface area (Å²) in [5, 5.41) is 21.2. The Kier molecular flexibility index (Phi) is 12.7. The van der Waals surface area contributed by atoms with Gasteiger partial charge in [-0.25, -0.2) is 29.1 Å². The molecular weight excluding hydrogens is 819 g/mol. The van der Waals surface area contributed by atoms with E-state index in [9.17, 15) is 19.4 Å². The molecule has 0 bridgehead atoms. The largest absolute Gasteiger partial charge is 0.508 e.